The molecule has 0 spiro atoms. The monoisotopic (exact) mass is 283 g/mol. The molecule has 6 nitrogen and oxygen atoms in total. The van der Waals surface area contributed by atoms with E-state index in [1.165, 1.54) is 17.3 Å². The highest BCUT2D eigenvalue weighted by molar-refractivity contribution is 5.83. The van der Waals surface area contributed by atoms with Crippen molar-refractivity contribution in [1.29, 1.82) is 0 Å². The Labute approximate surface area is 122 Å². The first kappa shape index (κ1) is 13.4. The number of nitrogens with zero attached hydrogens (tertiary/aromatic N) is 2. The minimum atomic E-state index is 0.0336. The third-order valence-corrected chi connectivity index (χ3v) is 3.44. The van der Waals surface area contributed by atoms with E-state index in [1.807, 2.05) is 18.3 Å². The number of amides is 1. The Bertz CT molecular complexity index is 717. The van der Waals surface area contributed by atoms with Gasteiger partial charge in [-0.2, -0.15) is 5.10 Å². The standard InChI is InChI=1S/C15H17N5O/c21-15(17-9-14-18-10-19-20-14)7-3-4-11-8-16-13-6-2-1-5-12(11)13/h1-2,5-6,8,10,16H,3-4,7,9H2,(H,17,21)(H,18,19,20). The molecule has 6 heteroatoms. The molecule has 3 rings (SSSR count). The lowest BCUT2D eigenvalue weighted by molar-refractivity contribution is -0.121. The van der Waals surface area contributed by atoms with Crippen molar-refractivity contribution in [3.63, 3.8) is 0 Å². The van der Waals surface area contributed by atoms with Crippen molar-refractivity contribution >= 4 is 16.8 Å². The van der Waals surface area contributed by atoms with Gasteiger partial charge in [0.15, 0.2) is 0 Å². The number of nitrogens with one attached hydrogen (secondary N) is 3. The summed E-state index contributed by atoms with van der Waals surface area (Å²) in [6.07, 6.45) is 5.67. The molecule has 3 aromatic rings. The minimum absolute atomic E-state index is 0.0336. The van der Waals surface area contributed by atoms with Gasteiger partial charge in [0.2, 0.25) is 5.91 Å². The van der Waals surface area contributed by atoms with Crippen LogP contribution in [0.4, 0.5) is 0 Å². The molecule has 0 fully saturated rings. The summed E-state index contributed by atoms with van der Waals surface area (Å²) >= 11 is 0. The molecule has 2 heterocycles. The van der Waals surface area contributed by atoms with Crippen molar-refractivity contribution in [2.24, 2.45) is 0 Å². The average Bonchev–Trinajstić information content (AvgIpc) is 3.15. The molecule has 108 valence electrons. The predicted octanol–water partition coefficient (Wildman–Crippen LogP) is 1.93. The van der Waals surface area contributed by atoms with E-state index >= 15 is 0 Å². The number of para-hydroxylation sites is 1. The van der Waals surface area contributed by atoms with Gasteiger partial charge in [-0.1, -0.05) is 18.2 Å². The molecule has 0 atom stereocenters. The number of hydrogen-bond donors (Lipinski definition) is 3. The molecule has 0 bridgehead atoms. The van der Waals surface area contributed by atoms with Gasteiger partial charge in [0.25, 0.3) is 0 Å². The third-order valence-electron chi connectivity index (χ3n) is 3.44. The highest BCUT2D eigenvalue weighted by atomic mass is 16.1. The Kier molecular flexibility index (Phi) is 3.95. The van der Waals surface area contributed by atoms with Crippen molar-refractivity contribution < 1.29 is 4.79 Å². The molecular formula is C15H17N5O. The SMILES string of the molecule is O=C(CCCc1c[nH]c2ccccc12)NCc1ncn[nH]1. The van der Waals surface area contributed by atoms with E-state index in [1.54, 1.807) is 0 Å². The number of rotatable bonds is 6. The van der Waals surface area contributed by atoms with Crippen molar-refractivity contribution in [2.75, 3.05) is 0 Å². The molecule has 3 N–H and O–H groups in total. The zero-order valence-electron chi connectivity index (χ0n) is 11.6. The molecule has 0 aliphatic heterocycles. The first-order valence-corrected chi connectivity index (χ1v) is 6.99. The summed E-state index contributed by atoms with van der Waals surface area (Å²) in [5.41, 5.74) is 2.40. The summed E-state index contributed by atoms with van der Waals surface area (Å²) in [6.45, 7) is 0.395. The molecule has 1 amide bonds. The van der Waals surface area contributed by atoms with E-state index < -0.39 is 0 Å². The number of carbonyl (C=O) groups is 1. The molecule has 2 aromatic heterocycles. The zero-order valence-corrected chi connectivity index (χ0v) is 11.6. The second kappa shape index (κ2) is 6.21. The number of aromatic nitrogens is 4. The van der Waals surface area contributed by atoms with Crippen molar-refractivity contribution in [3.05, 3.63) is 48.2 Å². The van der Waals surface area contributed by atoms with Crippen LogP contribution in [0.25, 0.3) is 10.9 Å². The minimum Gasteiger partial charge on any atom is -0.361 e. The molecule has 0 saturated heterocycles. The molecule has 0 aliphatic rings. The lowest BCUT2D eigenvalue weighted by Gasteiger charge is -2.03. The summed E-state index contributed by atoms with van der Waals surface area (Å²) in [5.74, 6) is 0.700. The second-order valence-electron chi connectivity index (χ2n) is 4.92. The fraction of sp³-hybridized carbons (Fsp3) is 0.267. The maximum atomic E-state index is 11.7. The van der Waals surface area contributed by atoms with Crippen LogP contribution in [-0.2, 0) is 17.8 Å². The van der Waals surface area contributed by atoms with Gasteiger partial charge in [-0.25, -0.2) is 4.98 Å². The van der Waals surface area contributed by atoms with Crippen LogP contribution in [0.15, 0.2) is 36.8 Å². The fourth-order valence-corrected chi connectivity index (χ4v) is 2.36. The first-order valence-electron chi connectivity index (χ1n) is 6.99. The molecular weight excluding hydrogens is 266 g/mol. The molecule has 0 unspecified atom stereocenters. The number of aromatic amines is 2. The predicted molar refractivity (Wildman–Crippen MR) is 79.5 cm³/mol. The van der Waals surface area contributed by atoms with Crippen molar-refractivity contribution in [3.8, 4) is 0 Å². The van der Waals surface area contributed by atoms with Crippen molar-refractivity contribution in [2.45, 2.75) is 25.8 Å². The van der Waals surface area contributed by atoms with E-state index in [4.69, 9.17) is 0 Å². The van der Waals surface area contributed by atoms with E-state index in [0.717, 1.165) is 18.4 Å². The second-order valence-corrected chi connectivity index (χ2v) is 4.92. The Morgan fingerprint density at radius 2 is 2.19 bits per heavy atom. The van der Waals surface area contributed by atoms with E-state index in [-0.39, 0.29) is 5.91 Å². The number of aryl methyl sites for hydroxylation is 1. The summed E-state index contributed by atoms with van der Waals surface area (Å²) < 4.78 is 0. The van der Waals surface area contributed by atoms with Gasteiger partial charge in [-0.3, -0.25) is 9.89 Å². The summed E-state index contributed by atoms with van der Waals surface area (Å²) in [5, 5.41) is 10.5. The van der Waals surface area contributed by atoms with Gasteiger partial charge in [0.05, 0.1) is 6.54 Å². The lowest BCUT2D eigenvalue weighted by atomic mass is 10.1. The van der Waals surface area contributed by atoms with E-state index in [2.05, 4.69) is 37.6 Å². The third kappa shape index (κ3) is 3.28. The lowest BCUT2D eigenvalue weighted by Crippen LogP contribution is -2.23. The quantitative estimate of drug-likeness (QED) is 0.646. The number of carbonyl (C=O) groups excluding carboxylic acids is 1. The van der Waals surface area contributed by atoms with Crippen LogP contribution in [-0.4, -0.2) is 26.1 Å². The van der Waals surface area contributed by atoms with Gasteiger partial charge in [-0.15, -0.1) is 0 Å². The maximum Gasteiger partial charge on any atom is 0.220 e. The van der Waals surface area contributed by atoms with Gasteiger partial charge < -0.3 is 10.3 Å². The van der Waals surface area contributed by atoms with Gasteiger partial charge in [0, 0.05) is 23.5 Å². The largest absolute Gasteiger partial charge is 0.361 e. The zero-order chi connectivity index (χ0) is 14.5. The van der Waals surface area contributed by atoms with Crippen LogP contribution in [0.1, 0.15) is 24.2 Å². The number of hydrogen-bond acceptors (Lipinski definition) is 3. The number of H-pyrrole nitrogens is 2. The smallest absolute Gasteiger partial charge is 0.220 e. The average molecular weight is 283 g/mol. The Balaban J connectivity index is 1.46. The van der Waals surface area contributed by atoms with Gasteiger partial charge in [-0.05, 0) is 24.5 Å². The highest BCUT2D eigenvalue weighted by Crippen LogP contribution is 2.19. The summed E-state index contributed by atoms with van der Waals surface area (Å²) in [6, 6.07) is 8.21. The van der Waals surface area contributed by atoms with Crippen LogP contribution >= 0.6 is 0 Å². The van der Waals surface area contributed by atoms with E-state index in [0.29, 0.717) is 18.8 Å². The van der Waals surface area contributed by atoms with E-state index in [9.17, 15) is 4.79 Å². The first-order chi connectivity index (χ1) is 10.3. The highest BCUT2D eigenvalue weighted by Gasteiger charge is 2.06. The maximum absolute atomic E-state index is 11.7. The molecule has 0 saturated carbocycles. The topological polar surface area (TPSA) is 86.5 Å². The van der Waals surface area contributed by atoms with Crippen LogP contribution < -0.4 is 5.32 Å². The summed E-state index contributed by atoms with van der Waals surface area (Å²) in [7, 11) is 0. The molecule has 1 aromatic carbocycles. The van der Waals surface area contributed by atoms with Crippen LogP contribution in [0.5, 0.6) is 0 Å². The number of fused-ring (bicyclic) bond motifs is 1. The normalized spacial score (nSPS) is 10.9. The van der Waals surface area contributed by atoms with Gasteiger partial charge >= 0.3 is 0 Å². The molecule has 0 aliphatic carbocycles. The molecule has 0 radical (unpaired) electrons. The molecule has 21 heavy (non-hydrogen) atoms. The Morgan fingerprint density at radius 3 is 3.05 bits per heavy atom. The van der Waals surface area contributed by atoms with Crippen LogP contribution in [0.3, 0.4) is 0 Å². The Hall–Kier alpha value is -2.63. The Morgan fingerprint density at radius 1 is 1.29 bits per heavy atom. The van der Waals surface area contributed by atoms with Gasteiger partial charge in [0.1, 0.15) is 12.2 Å². The number of benzene rings is 1. The van der Waals surface area contributed by atoms with Crippen LogP contribution in [0, 0.1) is 0 Å². The summed E-state index contributed by atoms with van der Waals surface area (Å²) in [4.78, 5) is 19.0. The van der Waals surface area contributed by atoms with Crippen LogP contribution in [0.2, 0.25) is 0 Å². The fourth-order valence-electron chi connectivity index (χ4n) is 2.36. The van der Waals surface area contributed by atoms with Crippen molar-refractivity contribution in [1.82, 2.24) is 25.5 Å².